The van der Waals surface area contributed by atoms with Crippen LogP contribution in [-0.4, -0.2) is 22.6 Å². The Morgan fingerprint density at radius 2 is 2.20 bits per heavy atom. The van der Waals surface area contributed by atoms with Crippen molar-refractivity contribution in [3.63, 3.8) is 0 Å². The van der Waals surface area contributed by atoms with Gasteiger partial charge in [-0.1, -0.05) is 0 Å². The van der Waals surface area contributed by atoms with Gasteiger partial charge in [-0.3, -0.25) is 0 Å². The number of nitrogens with one attached hydrogen (secondary N) is 2. The summed E-state index contributed by atoms with van der Waals surface area (Å²) in [5.74, 6) is 1.52. The van der Waals surface area contributed by atoms with Gasteiger partial charge in [-0.25, -0.2) is 9.97 Å². The van der Waals surface area contributed by atoms with Crippen molar-refractivity contribution in [3.8, 4) is 6.07 Å². The molecule has 0 atom stereocenters. The SMILES string of the molecule is N#CCNc1cc(NC2CCC2)ncn1. The fourth-order valence-corrected chi connectivity index (χ4v) is 1.42. The quantitative estimate of drug-likeness (QED) is 0.723. The van der Waals surface area contributed by atoms with Crippen molar-refractivity contribution in [2.75, 3.05) is 17.2 Å². The maximum Gasteiger partial charge on any atom is 0.132 e. The van der Waals surface area contributed by atoms with Crippen LogP contribution in [-0.2, 0) is 0 Å². The van der Waals surface area contributed by atoms with Crippen LogP contribution in [0.5, 0.6) is 0 Å². The van der Waals surface area contributed by atoms with Gasteiger partial charge >= 0.3 is 0 Å². The summed E-state index contributed by atoms with van der Waals surface area (Å²) in [6.45, 7) is 0.264. The first kappa shape index (κ1) is 9.71. The zero-order valence-electron chi connectivity index (χ0n) is 8.40. The summed E-state index contributed by atoms with van der Waals surface area (Å²) in [4.78, 5) is 8.14. The minimum atomic E-state index is 0.264. The standard InChI is InChI=1S/C10H13N5/c11-4-5-12-9-6-10(14-7-13-9)15-8-2-1-3-8/h6-8H,1-3,5H2,(H2,12,13,14,15). The molecule has 2 rings (SSSR count). The highest BCUT2D eigenvalue weighted by atomic mass is 15.1. The van der Waals surface area contributed by atoms with Crippen molar-refractivity contribution in [2.24, 2.45) is 0 Å². The monoisotopic (exact) mass is 203 g/mol. The van der Waals surface area contributed by atoms with Crippen molar-refractivity contribution in [1.29, 1.82) is 5.26 Å². The predicted molar refractivity (Wildman–Crippen MR) is 57.4 cm³/mol. The van der Waals surface area contributed by atoms with E-state index in [0.717, 1.165) is 5.82 Å². The average Bonchev–Trinajstić information content (AvgIpc) is 2.21. The molecular formula is C10H13N5. The third kappa shape index (κ3) is 2.56. The van der Waals surface area contributed by atoms with Gasteiger partial charge in [0.05, 0.1) is 6.07 Å². The molecule has 2 N–H and O–H groups in total. The highest BCUT2D eigenvalue weighted by molar-refractivity contribution is 5.47. The molecule has 0 spiro atoms. The van der Waals surface area contributed by atoms with Crippen LogP contribution in [0.1, 0.15) is 19.3 Å². The van der Waals surface area contributed by atoms with Gasteiger partial charge in [0.15, 0.2) is 0 Å². The van der Waals surface area contributed by atoms with E-state index in [0.29, 0.717) is 11.9 Å². The molecule has 78 valence electrons. The molecule has 1 aliphatic rings. The summed E-state index contributed by atoms with van der Waals surface area (Å²) >= 11 is 0. The summed E-state index contributed by atoms with van der Waals surface area (Å²) in [6.07, 6.45) is 5.22. The summed E-state index contributed by atoms with van der Waals surface area (Å²) < 4.78 is 0. The molecule has 0 aliphatic heterocycles. The molecule has 0 amide bonds. The fourth-order valence-electron chi connectivity index (χ4n) is 1.42. The lowest BCUT2D eigenvalue weighted by Gasteiger charge is -2.26. The van der Waals surface area contributed by atoms with Crippen LogP contribution in [0.3, 0.4) is 0 Å². The van der Waals surface area contributed by atoms with Crippen molar-refractivity contribution in [2.45, 2.75) is 25.3 Å². The van der Waals surface area contributed by atoms with Crippen LogP contribution < -0.4 is 10.6 Å². The molecule has 0 aromatic carbocycles. The van der Waals surface area contributed by atoms with Gasteiger partial charge in [-0.05, 0) is 19.3 Å². The van der Waals surface area contributed by atoms with E-state index in [1.165, 1.54) is 25.6 Å². The topological polar surface area (TPSA) is 73.6 Å². The molecule has 1 saturated carbocycles. The number of hydrogen-bond donors (Lipinski definition) is 2. The number of aromatic nitrogens is 2. The van der Waals surface area contributed by atoms with Crippen molar-refractivity contribution >= 4 is 11.6 Å². The van der Waals surface area contributed by atoms with E-state index in [1.807, 2.05) is 12.1 Å². The third-order valence-corrected chi connectivity index (χ3v) is 2.47. The number of nitriles is 1. The second-order valence-electron chi connectivity index (χ2n) is 3.57. The molecule has 1 aromatic rings. The number of rotatable bonds is 4. The van der Waals surface area contributed by atoms with Gasteiger partial charge in [0.25, 0.3) is 0 Å². The van der Waals surface area contributed by atoms with E-state index >= 15 is 0 Å². The first-order chi connectivity index (χ1) is 7.38. The van der Waals surface area contributed by atoms with E-state index in [-0.39, 0.29) is 6.54 Å². The van der Waals surface area contributed by atoms with Crippen molar-refractivity contribution in [1.82, 2.24) is 9.97 Å². The molecule has 1 aromatic heterocycles. The Labute approximate surface area is 88.5 Å². The van der Waals surface area contributed by atoms with Gasteiger partial charge in [-0.2, -0.15) is 5.26 Å². The van der Waals surface area contributed by atoms with Crippen LogP contribution >= 0.6 is 0 Å². The number of anilines is 2. The van der Waals surface area contributed by atoms with Gasteiger partial charge in [0.1, 0.15) is 24.5 Å². The maximum absolute atomic E-state index is 8.42. The van der Waals surface area contributed by atoms with Crippen LogP contribution in [0.4, 0.5) is 11.6 Å². The molecule has 15 heavy (non-hydrogen) atoms. The molecular weight excluding hydrogens is 190 g/mol. The second-order valence-corrected chi connectivity index (χ2v) is 3.57. The number of hydrogen-bond acceptors (Lipinski definition) is 5. The zero-order chi connectivity index (χ0) is 10.5. The van der Waals surface area contributed by atoms with E-state index in [4.69, 9.17) is 5.26 Å². The van der Waals surface area contributed by atoms with Crippen LogP contribution in [0.25, 0.3) is 0 Å². The van der Waals surface area contributed by atoms with Crippen molar-refractivity contribution in [3.05, 3.63) is 12.4 Å². The lowest BCUT2D eigenvalue weighted by atomic mass is 9.93. The Morgan fingerprint density at radius 3 is 2.87 bits per heavy atom. The molecule has 1 aliphatic carbocycles. The Balaban J connectivity index is 1.95. The van der Waals surface area contributed by atoms with Crippen LogP contribution in [0.2, 0.25) is 0 Å². The van der Waals surface area contributed by atoms with Gasteiger partial charge in [0, 0.05) is 12.1 Å². The second kappa shape index (κ2) is 4.60. The van der Waals surface area contributed by atoms with Gasteiger partial charge in [-0.15, -0.1) is 0 Å². The smallest absolute Gasteiger partial charge is 0.132 e. The highest BCUT2D eigenvalue weighted by Crippen LogP contribution is 2.22. The predicted octanol–water partition coefficient (Wildman–Crippen LogP) is 1.38. The molecule has 0 radical (unpaired) electrons. The average molecular weight is 203 g/mol. The number of nitrogens with zero attached hydrogens (tertiary/aromatic N) is 3. The van der Waals surface area contributed by atoms with E-state index in [9.17, 15) is 0 Å². The van der Waals surface area contributed by atoms with E-state index in [1.54, 1.807) is 0 Å². The maximum atomic E-state index is 8.42. The Bertz CT molecular complexity index is 366. The van der Waals surface area contributed by atoms with Crippen LogP contribution in [0.15, 0.2) is 12.4 Å². The highest BCUT2D eigenvalue weighted by Gasteiger charge is 2.17. The van der Waals surface area contributed by atoms with Gasteiger partial charge in [0.2, 0.25) is 0 Å². The largest absolute Gasteiger partial charge is 0.367 e. The Morgan fingerprint density at radius 1 is 1.40 bits per heavy atom. The summed E-state index contributed by atoms with van der Waals surface area (Å²) in [7, 11) is 0. The molecule has 0 unspecified atom stereocenters. The minimum absolute atomic E-state index is 0.264. The molecule has 5 heteroatoms. The lowest BCUT2D eigenvalue weighted by molar-refractivity contribution is 0.444. The first-order valence-electron chi connectivity index (χ1n) is 5.08. The normalized spacial score (nSPS) is 15.1. The first-order valence-corrected chi connectivity index (χ1v) is 5.08. The lowest BCUT2D eigenvalue weighted by Crippen LogP contribution is -2.27. The summed E-state index contributed by atoms with van der Waals surface area (Å²) in [6, 6.07) is 4.39. The molecule has 0 saturated heterocycles. The molecule has 5 nitrogen and oxygen atoms in total. The third-order valence-electron chi connectivity index (χ3n) is 2.47. The van der Waals surface area contributed by atoms with Crippen molar-refractivity contribution < 1.29 is 0 Å². The Kier molecular flexibility index (Phi) is 2.98. The summed E-state index contributed by atoms with van der Waals surface area (Å²) in [5.41, 5.74) is 0. The summed E-state index contributed by atoms with van der Waals surface area (Å²) in [5, 5.41) is 14.6. The van der Waals surface area contributed by atoms with E-state index in [2.05, 4.69) is 20.6 Å². The van der Waals surface area contributed by atoms with Crippen LogP contribution in [0, 0.1) is 11.3 Å². The minimum Gasteiger partial charge on any atom is -0.367 e. The van der Waals surface area contributed by atoms with E-state index < -0.39 is 0 Å². The molecule has 0 bridgehead atoms. The fraction of sp³-hybridized carbons (Fsp3) is 0.500. The van der Waals surface area contributed by atoms with Gasteiger partial charge < -0.3 is 10.6 Å². The zero-order valence-corrected chi connectivity index (χ0v) is 8.40. The molecule has 1 heterocycles. The Hall–Kier alpha value is -1.83. The molecule has 1 fully saturated rings.